The average Bonchev–Trinajstić information content (AvgIpc) is 2.78. The van der Waals surface area contributed by atoms with Gasteiger partial charge in [-0.1, -0.05) is 30.3 Å². The maximum atomic E-state index is 12.8. The summed E-state index contributed by atoms with van der Waals surface area (Å²) >= 11 is 0. The first kappa shape index (κ1) is 17.5. The van der Waals surface area contributed by atoms with Crippen molar-refractivity contribution in [3.63, 3.8) is 0 Å². The molecule has 23 heavy (non-hydrogen) atoms. The fourth-order valence-corrected chi connectivity index (χ4v) is 2.72. The van der Waals surface area contributed by atoms with Crippen LogP contribution in [0.1, 0.15) is 16.1 Å². The van der Waals surface area contributed by atoms with Gasteiger partial charge in [0.05, 0.1) is 11.7 Å². The first-order valence-electron chi connectivity index (χ1n) is 7.49. The van der Waals surface area contributed by atoms with Crippen LogP contribution in [0.2, 0.25) is 0 Å². The highest BCUT2D eigenvalue weighted by atomic mass is 35.5. The van der Waals surface area contributed by atoms with Crippen LogP contribution in [0.15, 0.2) is 40.8 Å². The number of aliphatic hydroxyl groups excluding tert-OH is 1. The van der Waals surface area contributed by atoms with Crippen molar-refractivity contribution in [2.45, 2.75) is 13.0 Å². The minimum absolute atomic E-state index is 0. The predicted molar refractivity (Wildman–Crippen MR) is 90.9 cm³/mol. The fraction of sp³-hybridized carbons (Fsp3) is 0.353. The Morgan fingerprint density at radius 1 is 1.35 bits per heavy atom. The summed E-state index contributed by atoms with van der Waals surface area (Å²) in [6, 6.07) is 11.4. The second-order valence-electron chi connectivity index (χ2n) is 5.57. The van der Waals surface area contributed by atoms with E-state index in [9.17, 15) is 9.90 Å². The standard InChI is InChI=1S/C17H20N2O3.ClH/c1-12-9-15(16(22-12)13-5-3-2-4-6-13)17(21)19-8-7-18-10-14(20)11-19;/h2-6,9,14,18,20H,7-8,10-11H2,1H3;1H. The summed E-state index contributed by atoms with van der Waals surface area (Å²) in [5.41, 5.74) is 1.44. The zero-order valence-corrected chi connectivity index (χ0v) is 13.8. The fourth-order valence-electron chi connectivity index (χ4n) is 2.72. The van der Waals surface area contributed by atoms with Crippen molar-refractivity contribution in [2.24, 2.45) is 0 Å². The van der Waals surface area contributed by atoms with Gasteiger partial charge in [0.15, 0.2) is 0 Å². The van der Waals surface area contributed by atoms with E-state index in [0.29, 0.717) is 43.3 Å². The lowest BCUT2D eigenvalue weighted by molar-refractivity contribution is 0.0673. The number of hydrogen-bond acceptors (Lipinski definition) is 4. The Morgan fingerprint density at radius 2 is 2.09 bits per heavy atom. The molecule has 2 heterocycles. The van der Waals surface area contributed by atoms with Crippen LogP contribution < -0.4 is 5.32 Å². The van der Waals surface area contributed by atoms with E-state index in [1.807, 2.05) is 37.3 Å². The molecule has 1 aromatic carbocycles. The van der Waals surface area contributed by atoms with E-state index >= 15 is 0 Å². The normalized spacial score (nSPS) is 18.2. The highest BCUT2D eigenvalue weighted by Crippen LogP contribution is 2.28. The lowest BCUT2D eigenvalue weighted by Gasteiger charge is -2.21. The van der Waals surface area contributed by atoms with Crippen LogP contribution in [0.5, 0.6) is 0 Å². The van der Waals surface area contributed by atoms with Crippen molar-refractivity contribution in [3.05, 3.63) is 47.7 Å². The molecule has 1 saturated heterocycles. The zero-order chi connectivity index (χ0) is 15.5. The number of carbonyl (C=O) groups is 1. The number of halogens is 1. The number of aliphatic hydroxyl groups is 1. The molecular weight excluding hydrogens is 316 g/mol. The molecule has 1 atom stereocenters. The Labute approximate surface area is 141 Å². The molecule has 124 valence electrons. The molecule has 0 aliphatic carbocycles. The number of furan rings is 1. The number of hydrogen-bond donors (Lipinski definition) is 2. The van der Waals surface area contributed by atoms with Gasteiger partial charge in [-0.25, -0.2) is 0 Å². The maximum absolute atomic E-state index is 12.8. The molecule has 2 N–H and O–H groups in total. The van der Waals surface area contributed by atoms with Gasteiger partial charge < -0.3 is 19.7 Å². The number of amides is 1. The van der Waals surface area contributed by atoms with E-state index in [4.69, 9.17) is 4.42 Å². The Kier molecular flexibility index (Phi) is 5.82. The number of benzene rings is 1. The molecular formula is C17H21ClN2O3. The summed E-state index contributed by atoms with van der Waals surface area (Å²) in [6.07, 6.45) is -0.542. The second-order valence-corrected chi connectivity index (χ2v) is 5.57. The van der Waals surface area contributed by atoms with Crippen LogP contribution in [0.4, 0.5) is 0 Å². The quantitative estimate of drug-likeness (QED) is 0.881. The Bertz CT molecular complexity index is 657. The molecule has 1 aliphatic heterocycles. The van der Waals surface area contributed by atoms with Crippen LogP contribution >= 0.6 is 12.4 Å². The van der Waals surface area contributed by atoms with Gasteiger partial charge in [-0.05, 0) is 13.0 Å². The van der Waals surface area contributed by atoms with Crippen LogP contribution in [-0.2, 0) is 0 Å². The SMILES string of the molecule is Cc1cc(C(=O)N2CCNCC(O)C2)c(-c2ccccc2)o1.Cl. The van der Waals surface area contributed by atoms with Crippen molar-refractivity contribution in [1.29, 1.82) is 0 Å². The number of carbonyl (C=O) groups excluding carboxylic acids is 1. The van der Waals surface area contributed by atoms with Gasteiger partial charge in [-0.3, -0.25) is 4.79 Å². The first-order valence-corrected chi connectivity index (χ1v) is 7.49. The van der Waals surface area contributed by atoms with Gasteiger partial charge in [0.2, 0.25) is 0 Å². The molecule has 0 bridgehead atoms. The van der Waals surface area contributed by atoms with Crippen LogP contribution in [0.3, 0.4) is 0 Å². The summed E-state index contributed by atoms with van der Waals surface area (Å²) in [6.45, 7) is 3.95. The number of nitrogens with one attached hydrogen (secondary N) is 1. The lowest BCUT2D eigenvalue weighted by atomic mass is 10.1. The van der Waals surface area contributed by atoms with E-state index in [2.05, 4.69) is 5.32 Å². The predicted octanol–water partition coefficient (Wildman–Crippen LogP) is 2.08. The van der Waals surface area contributed by atoms with Crippen molar-refractivity contribution >= 4 is 18.3 Å². The summed E-state index contributed by atoms with van der Waals surface area (Å²) in [5, 5.41) is 13.0. The lowest BCUT2D eigenvalue weighted by Crippen LogP contribution is -2.37. The molecule has 2 aromatic rings. The Hall–Kier alpha value is -1.82. The molecule has 0 radical (unpaired) electrons. The molecule has 1 aromatic heterocycles. The van der Waals surface area contributed by atoms with Crippen molar-refractivity contribution in [2.75, 3.05) is 26.2 Å². The Morgan fingerprint density at radius 3 is 2.83 bits per heavy atom. The largest absolute Gasteiger partial charge is 0.461 e. The molecule has 1 unspecified atom stereocenters. The molecule has 5 nitrogen and oxygen atoms in total. The number of β-amino-alcohol motifs (C(OH)–C–C–N with tert-alkyl or cyclic N) is 1. The van der Waals surface area contributed by atoms with Gasteiger partial charge in [0, 0.05) is 31.7 Å². The van der Waals surface area contributed by atoms with Crippen LogP contribution in [0.25, 0.3) is 11.3 Å². The van der Waals surface area contributed by atoms with Crippen molar-refractivity contribution < 1.29 is 14.3 Å². The van der Waals surface area contributed by atoms with Crippen molar-refractivity contribution in [3.8, 4) is 11.3 Å². The van der Waals surface area contributed by atoms with E-state index in [0.717, 1.165) is 5.56 Å². The summed E-state index contributed by atoms with van der Waals surface area (Å²) in [5.74, 6) is 1.20. The number of aryl methyl sites for hydroxylation is 1. The minimum Gasteiger partial charge on any atom is -0.461 e. The average molecular weight is 337 g/mol. The van der Waals surface area contributed by atoms with Gasteiger partial charge in [0.1, 0.15) is 11.5 Å². The molecule has 0 spiro atoms. The monoisotopic (exact) mass is 336 g/mol. The van der Waals surface area contributed by atoms with E-state index in [-0.39, 0.29) is 18.3 Å². The second kappa shape index (κ2) is 7.64. The maximum Gasteiger partial charge on any atom is 0.257 e. The summed E-state index contributed by atoms with van der Waals surface area (Å²) in [4.78, 5) is 14.5. The Balaban J connectivity index is 0.00000192. The van der Waals surface area contributed by atoms with Gasteiger partial charge in [-0.15, -0.1) is 12.4 Å². The minimum atomic E-state index is -0.542. The van der Waals surface area contributed by atoms with Gasteiger partial charge in [0.25, 0.3) is 5.91 Å². The number of nitrogens with zero attached hydrogens (tertiary/aromatic N) is 1. The summed E-state index contributed by atoms with van der Waals surface area (Å²) in [7, 11) is 0. The molecule has 6 heteroatoms. The molecule has 3 rings (SSSR count). The third-order valence-electron chi connectivity index (χ3n) is 3.78. The van der Waals surface area contributed by atoms with Gasteiger partial charge in [-0.2, -0.15) is 0 Å². The third kappa shape index (κ3) is 3.93. The van der Waals surface area contributed by atoms with Crippen LogP contribution in [-0.4, -0.2) is 48.2 Å². The molecule has 0 saturated carbocycles. The third-order valence-corrected chi connectivity index (χ3v) is 3.78. The van der Waals surface area contributed by atoms with Gasteiger partial charge >= 0.3 is 0 Å². The molecule has 1 fully saturated rings. The first-order chi connectivity index (χ1) is 10.6. The van der Waals surface area contributed by atoms with E-state index < -0.39 is 6.10 Å². The zero-order valence-electron chi connectivity index (χ0n) is 13.0. The summed E-state index contributed by atoms with van der Waals surface area (Å²) < 4.78 is 5.75. The van der Waals surface area contributed by atoms with E-state index in [1.165, 1.54) is 0 Å². The van der Waals surface area contributed by atoms with Crippen LogP contribution in [0, 0.1) is 6.92 Å². The van der Waals surface area contributed by atoms with E-state index in [1.54, 1.807) is 11.0 Å². The highest BCUT2D eigenvalue weighted by Gasteiger charge is 2.26. The molecule has 1 amide bonds. The van der Waals surface area contributed by atoms with Crippen molar-refractivity contribution in [1.82, 2.24) is 10.2 Å². The topological polar surface area (TPSA) is 65.7 Å². The number of rotatable bonds is 2. The highest BCUT2D eigenvalue weighted by molar-refractivity contribution is 5.99. The molecule has 1 aliphatic rings. The smallest absolute Gasteiger partial charge is 0.257 e.